The van der Waals surface area contributed by atoms with Crippen molar-refractivity contribution in [1.29, 1.82) is 0 Å². The number of primary amides is 1. The molecule has 5 aliphatic rings. The van der Waals surface area contributed by atoms with E-state index in [1.165, 1.54) is 6.07 Å². The number of amides is 2. The van der Waals surface area contributed by atoms with Crippen molar-refractivity contribution in [3.8, 4) is 0 Å². The van der Waals surface area contributed by atoms with Crippen LogP contribution in [0.1, 0.15) is 43.2 Å². The SMILES string of the molecule is NC(=O)C12CC3CC(C1)C(NC(=O)[C@H]1CN(Cc4cccc(C(F)(F)F)c4)CCO1)C(C3)C2. The molecule has 3 N–H and O–H groups in total. The van der Waals surface area contributed by atoms with Gasteiger partial charge in [0.1, 0.15) is 6.10 Å². The molecule has 0 radical (unpaired) electrons. The molecule has 1 heterocycles. The topological polar surface area (TPSA) is 84.7 Å². The lowest BCUT2D eigenvalue weighted by Crippen LogP contribution is -2.63. The Balaban J connectivity index is 1.20. The lowest BCUT2D eigenvalue weighted by atomic mass is 9.47. The highest BCUT2D eigenvalue weighted by Gasteiger charge is 2.58. The van der Waals surface area contributed by atoms with Gasteiger partial charge in [-0.3, -0.25) is 14.5 Å². The Kier molecular flexibility index (Phi) is 5.68. The fraction of sp³-hybridized carbons (Fsp3) is 0.667. The van der Waals surface area contributed by atoms with Crippen molar-refractivity contribution in [1.82, 2.24) is 10.2 Å². The van der Waals surface area contributed by atoms with Gasteiger partial charge in [-0.15, -0.1) is 0 Å². The van der Waals surface area contributed by atoms with Gasteiger partial charge in [0.05, 0.1) is 12.2 Å². The van der Waals surface area contributed by atoms with Crippen LogP contribution in [0.4, 0.5) is 13.2 Å². The van der Waals surface area contributed by atoms with Crippen LogP contribution in [0.5, 0.6) is 0 Å². The Morgan fingerprint density at radius 3 is 2.58 bits per heavy atom. The van der Waals surface area contributed by atoms with Gasteiger partial charge in [-0.2, -0.15) is 13.2 Å². The summed E-state index contributed by atoms with van der Waals surface area (Å²) in [6.07, 6.45) is -0.637. The van der Waals surface area contributed by atoms with Crippen LogP contribution in [0.3, 0.4) is 0 Å². The van der Waals surface area contributed by atoms with Gasteiger partial charge in [-0.05, 0) is 61.5 Å². The summed E-state index contributed by atoms with van der Waals surface area (Å²) in [7, 11) is 0. The Bertz CT molecular complexity index is 921. The summed E-state index contributed by atoms with van der Waals surface area (Å²) in [5.74, 6) is 0.661. The van der Waals surface area contributed by atoms with Gasteiger partial charge in [0.15, 0.2) is 0 Å². The molecule has 4 aliphatic carbocycles. The van der Waals surface area contributed by atoms with Gasteiger partial charge in [-0.1, -0.05) is 18.2 Å². The van der Waals surface area contributed by atoms with E-state index in [2.05, 4.69) is 5.32 Å². The molecular weight excluding hydrogens is 435 g/mol. The summed E-state index contributed by atoms with van der Waals surface area (Å²) in [6.45, 7) is 1.56. The molecule has 1 saturated heterocycles. The lowest BCUT2D eigenvalue weighted by Gasteiger charge is -2.59. The minimum absolute atomic E-state index is 0.0315. The van der Waals surface area contributed by atoms with Gasteiger partial charge in [-0.25, -0.2) is 0 Å². The molecule has 0 spiro atoms. The monoisotopic (exact) mass is 465 g/mol. The van der Waals surface area contributed by atoms with Gasteiger partial charge in [0.2, 0.25) is 5.91 Å². The van der Waals surface area contributed by atoms with E-state index in [1.54, 1.807) is 6.07 Å². The van der Waals surface area contributed by atoms with Gasteiger partial charge < -0.3 is 15.8 Å². The number of nitrogens with two attached hydrogens (primary N) is 1. The summed E-state index contributed by atoms with van der Waals surface area (Å²) < 4.78 is 44.8. The molecule has 6 rings (SSSR count). The number of benzene rings is 1. The summed E-state index contributed by atoms with van der Waals surface area (Å²) in [4.78, 5) is 27.2. The van der Waals surface area contributed by atoms with Crippen molar-refractivity contribution < 1.29 is 27.5 Å². The Morgan fingerprint density at radius 2 is 1.91 bits per heavy atom. The van der Waals surface area contributed by atoms with Crippen molar-refractivity contribution in [2.24, 2.45) is 28.9 Å². The van der Waals surface area contributed by atoms with E-state index in [-0.39, 0.29) is 29.7 Å². The van der Waals surface area contributed by atoms with Crippen LogP contribution < -0.4 is 11.1 Å². The fourth-order valence-electron chi connectivity index (χ4n) is 6.93. The van der Waals surface area contributed by atoms with Gasteiger partial charge >= 0.3 is 6.18 Å². The molecule has 9 heteroatoms. The summed E-state index contributed by atoms with van der Waals surface area (Å²) in [5, 5.41) is 3.21. The highest BCUT2D eigenvalue weighted by atomic mass is 19.4. The quantitative estimate of drug-likeness (QED) is 0.701. The van der Waals surface area contributed by atoms with E-state index in [4.69, 9.17) is 10.5 Å². The summed E-state index contributed by atoms with van der Waals surface area (Å²) >= 11 is 0. The molecule has 180 valence electrons. The van der Waals surface area contributed by atoms with E-state index in [1.807, 2.05) is 4.90 Å². The maximum atomic E-state index is 13.1. The molecule has 5 fully saturated rings. The third-order valence-electron chi connectivity index (χ3n) is 8.21. The molecule has 4 saturated carbocycles. The number of halogens is 3. The molecular formula is C24H30F3N3O3. The number of carbonyl (C=O) groups excluding carboxylic acids is 2. The maximum Gasteiger partial charge on any atom is 0.416 e. The zero-order valence-corrected chi connectivity index (χ0v) is 18.4. The minimum atomic E-state index is -4.38. The predicted octanol–water partition coefficient (Wildman–Crippen LogP) is 2.70. The highest BCUT2D eigenvalue weighted by Crippen LogP contribution is 2.59. The van der Waals surface area contributed by atoms with Crippen molar-refractivity contribution in [3.63, 3.8) is 0 Å². The zero-order valence-electron chi connectivity index (χ0n) is 18.4. The summed E-state index contributed by atoms with van der Waals surface area (Å²) in [5.41, 5.74) is 5.24. The van der Waals surface area contributed by atoms with Crippen molar-refractivity contribution >= 4 is 11.8 Å². The van der Waals surface area contributed by atoms with Crippen molar-refractivity contribution in [2.75, 3.05) is 19.7 Å². The molecule has 1 aromatic carbocycles. The van der Waals surface area contributed by atoms with E-state index < -0.39 is 23.3 Å². The van der Waals surface area contributed by atoms with E-state index in [0.29, 0.717) is 37.7 Å². The van der Waals surface area contributed by atoms with Crippen molar-refractivity contribution in [2.45, 2.75) is 57.0 Å². The predicted molar refractivity (Wildman–Crippen MR) is 114 cm³/mol. The molecule has 4 bridgehead atoms. The van der Waals surface area contributed by atoms with E-state index in [0.717, 1.165) is 44.2 Å². The van der Waals surface area contributed by atoms with Crippen LogP contribution in [0.25, 0.3) is 0 Å². The molecule has 2 unspecified atom stereocenters. The second-order valence-corrected chi connectivity index (χ2v) is 10.4. The highest BCUT2D eigenvalue weighted by molar-refractivity contribution is 5.83. The molecule has 1 aromatic rings. The smallest absolute Gasteiger partial charge is 0.369 e. The Hall–Kier alpha value is -2.13. The second kappa shape index (κ2) is 8.27. The van der Waals surface area contributed by atoms with E-state index >= 15 is 0 Å². The number of rotatable bonds is 5. The number of nitrogens with zero attached hydrogens (tertiary/aromatic N) is 1. The van der Waals surface area contributed by atoms with Crippen LogP contribution in [0.15, 0.2) is 24.3 Å². The number of ether oxygens (including phenoxy) is 1. The van der Waals surface area contributed by atoms with E-state index in [9.17, 15) is 22.8 Å². The number of hydrogen-bond donors (Lipinski definition) is 2. The fourth-order valence-corrected chi connectivity index (χ4v) is 6.93. The Labute approximate surface area is 191 Å². The summed E-state index contributed by atoms with van der Waals surface area (Å²) in [6, 6.07) is 5.33. The zero-order chi connectivity index (χ0) is 23.4. The first-order valence-corrected chi connectivity index (χ1v) is 11.7. The van der Waals surface area contributed by atoms with Crippen LogP contribution in [0.2, 0.25) is 0 Å². The van der Waals surface area contributed by atoms with Crippen LogP contribution in [-0.4, -0.2) is 48.6 Å². The average Bonchev–Trinajstić information content (AvgIpc) is 2.75. The van der Waals surface area contributed by atoms with Crippen LogP contribution >= 0.6 is 0 Å². The first kappa shape index (κ1) is 22.7. The standard InChI is InChI=1S/C24H30F3N3O3/c25-24(26,27)18-3-1-2-14(8-18)12-30-4-5-33-19(13-30)21(31)29-20-16-6-15-7-17(20)11-23(9-15,10-16)22(28)32/h1-3,8,15-17,19-20H,4-7,9-13H2,(H2,28,32)(H,29,31)/t15?,16?,17?,19-,20?,23?/m1/s1. The number of nitrogens with one attached hydrogen (secondary N) is 1. The first-order chi connectivity index (χ1) is 15.6. The van der Waals surface area contributed by atoms with Crippen molar-refractivity contribution in [3.05, 3.63) is 35.4 Å². The van der Waals surface area contributed by atoms with Crippen LogP contribution in [0, 0.1) is 23.2 Å². The first-order valence-electron chi connectivity index (χ1n) is 11.7. The second-order valence-electron chi connectivity index (χ2n) is 10.4. The number of hydrogen-bond acceptors (Lipinski definition) is 4. The number of morpholine rings is 1. The Morgan fingerprint density at radius 1 is 1.18 bits per heavy atom. The minimum Gasteiger partial charge on any atom is -0.369 e. The largest absolute Gasteiger partial charge is 0.416 e. The lowest BCUT2D eigenvalue weighted by molar-refractivity contribution is -0.151. The molecule has 6 nitrogen and oxygen atoms in total. The third-order valence-corrected chi connectivity index (χ3v) is 8.21. The third kappa shape index (κ3) is 4.37. The van der Waals surface area contributed by atoms with Gasteiger partial charge in [0.25, 0.3) is 5.91 Å². The molecule has 1 aliphatic heterocycles. The average molecular weight is 466 g/mol. The molecule has 33 heavy (non-hydrogen) atoms. The van der Waals surface area contributed by atoms with Gasteiger partial charge in [0, 0.05) is 31.1 Å². The molecule has 2 amide bonds. The normalized spacial score (nSPS) is 36.0. The maximum absolute atomic E-state index is 13.1. The molecule has 0 aromatic heterocycles. The number of alkyl halides is 3. The van der Waals surface area contributed by atoms with Crippen LogP contribution in [-0.2, 0) is 27.0 Å². The number of carbonyl (C=O) groups is 2. The molecule has 3 atom stereocenters.